The van der Waals surface area contributed by atoms with Gasteiger partial charge in [0.1, 0.15) is 5.75 Å². The fourth-order valence-electron chi connectivity index (χ4n) is 4.48. The summed E-state index contributed by atoms with van der Waals surface area (Å²) in [4.78, 5) is 13.1. The monoisotopic (exact) mass is 514 g/mol. The van der Waals surface area contributed by atoms with Crippen LogP contribution in [0.3, 0.4) is 0 Å². The van der Waals surface area contributed by atoms with Crippen LogP contribution in [0.15, 0.2) is 48.7 Å². The summed E-state index contributed by atoms with van der Waals surface area (Å²) in [6, 6.07) is 9.63. The van der Waals surface area contributed by atoms with Crippen molar-refractivity contribution in [3.05, 3.63) is 65.4 Å². The van der Waals surface area contributed by atoms with Crippen LogP contribution in [0.25, 0.3) is 10.9 Å². The molecule has 11 heteroatoms. The van der Waals surface area contributed by atoms with Gasteiger partial charge in [-0.05, 0) is 55.2 Å². The molecule has 194 valence electrons. The van der Waals surface area contributed by atoms with E-state index in [-0.39, 0.29) is 18.1 Å². The van der Waals surface area contributed by atoms with Gasteiger partial charge in [-0.1, -0.05) is 19.1 Å². The Bertz CT molecular complexity index is 1280. The minimum atomic E-state index is -5.04. The molecule has 0 aliphatic heterocycles. The third-order valence-corrected chi connectivity index (χ3v) is 6.59. The molecule has 1 saturated carbocycles. The normalized spacial score (nSPS) is 20.9. The summed E-state index contributed by atoms with van der Waals surface area (Å²) in [6.07, 6.45) is -10.00. The van der Waals surface area contributed by atoms with Gasteiger partial charge in [0.25, 0.3) is 5.91 Å². The van der Waals surface area contributed by atoms with Crippen molar-refractivity contribution in [1.82, 2.24) is 9.88 Å². The first-order valence-corrected chi connectivity index (χ1v) is 11.2. The number of aliphatic hydroxyl groups is 1. The van der Waals surface area contributed by atoms with Crippen LogP contribution in [0, 0.1) is 5.92 Å². The van der Waals surface area contributed by atoms with E-state index in [0.717, 1.165) is 28.6 Å². The van der Waals surface area contributed by atoms with Crippen molar-refractivity contribution < 1.29 is 41.0 Å². The Kier molecular flexibility index (Phi) is 6.48. The quantitative estimate of drug-likeness (QED) is 0.401. The smallest absolute Gasteiger partial charge is 0.425 e. The second-order valence-corrected chi connectivity index (χ2v) is 9.01. The summed E-state index contributed by atoms with van der Waals surface area (Å²) in [7, 11) is 0. The molecule has 0 radical (unpaired) electrons. The Hall–Kier alpha value is -3.21. The van der Waals surface area contributed by atoms with E-state index in [1.165, 1.54) is 0 Å². The number of alkyl halides is 6. The maximum atomic E-state index is 13.6. The van der Waals surface area contributed by atoms with E-state index in [9.17, 15) is 36.2 Å². The molecule has 3 unspecified atom stereocenters. The molecule has 1 amide bonds. The standard InChI is InChI=1S/C25H24F6N2O3/c1-14-13-23(14,18-4-3-5-20-17(18)8-9-33(20)10-11-34)32-22(35)16-6-7-21(19(12-16)25(29,30)31)36-15(2)24(26,27)28/h3-9,12,14-15,34H,10-11,13H2,1-2H3,(H,32,35). The predicted octanol–water partition coefficient (Wildman–Crippen LogP) is 5.65. The lowest BCUT2D eigenvalue weighted by Gasteiger charge is -2.23. The highest BCUT2D eigenvalue weighted by Gasteiger charge is 2.54. The van der Waals surface area contributed by atoms with Crippen LogP contribution in [0.1, 0.15) is 41.8 Å². The topological polar surface area (TPSA) is 63.5 Å². The third-order valence-electron chi connectivity index (χ3n) is 6.59. The molecule has 1 fully saturated rings. The number of halogens is 6. The lowest BCUT2D eigenvalue weighted by Crippen LogP contribution is -2.36. The molecule has 3 atom stereocenters. The number of ether oxygens (including phenoxy) is 1. The van der Waals surface area contributed by atoms with E-state index >= 15 is 0 Å². The Morgan fingerprint density at radius 1 is 1.19 bits per heavy atom. The molecule has 1 aliphatic rings. The molecule has 2 N–H and O–H groups in total. The van der Waals surface area contributed by atoms with Gasteiger partial charge in [0.15, 0.2) is 6.10 Å². The summed E-state index contributed by atoms with van der Waals surface area (Å²) < 4.78 is 85.8. The average Bonchev–Trinajstić information content (AvgIpc) is 3.25. The van der Waals surface area contributed by atoms with E-state index in [2.05, 4.69) is 10.1 Å². The molecular weight excluding hydrogens is 490 g/mol. The number of amides is 1. The minimum Gasteiger partial charge on any atom is -0.481 e. The Morgan fingerprint density at radius 2 is 1.89 bits per heavy atom. The van der Waals surface area contributed by atoms with Gasteiger partial charge in [0.05, 0.1) is 17.7 Å². The van der Waals surface area contributed by atoms with Crippen LogP contribution in [-0.4, -0.2) is 34.5 Å². The van der Waals surface area contributed by atoms with Crippen molar-refractivity contribution in [3.63, 3.8) is 0 Å². The van der Waals surface area contributed by atoms with E-state index in [0.29, 0.717) is 26.0 Å². The minimum absolute atomic E-state index is 0.00873. The number of fused-ring (bicyclic) bond motifs is 1. The van der Waals surface area contributed by atoms with Crippen molar-refractivity contribution in [2.45, 2.75) is 50.8 Å². The fraction of sp³-hybridized carbons (Fsp3) is 0.400. The predicted molar refractivity (Wildman–Crippen MR) is 120 cm³/mol. The number of nitrogens with one attached hydrogen (secondary N) is 1. The van der Waals surface area contributed by atoms with Crippen LogP contribution in [-0.2, 0) is 18.3 Å². The number of benzene rings is 2. The average molecular weight is 514 g/mol. The summed E-state index contributed by atoms with van der Waals surface area (Å²) in [5.74, 6) is -1.80. The summed E-state index contributed by atoms with van der Waals surface area (Å²) in [5.41, 5.74) is -0.994. The zero-order chi connectivity index (χ0) is 26.5. The molecule has 3 aromatic rings. The second kappa shape index (κ2) is 9.02. The number of aliphatic hydroxyl groups excluding tert-OH is 1. The number of rotatable bonds is 7. The molecule has 1 aliphatic carbocycles. The van der Waals surface area contributed by atoms with Crippen molar-refractivity contribution in [1.29, 1.82) is 0 Å². The number of hydrogen-bond donors (Lipinski definition) is 2. The number of hydrogen-bond acceptors (Lipinski definition) is 3. The van der Waals surface area contributed by atoms with Gasteiger partial charge in [0.2, 0.25) is 0 Å². The lowest BCUT2D eigenvalue weighted by atomic mass is 9.97. The zero-order valence-electron chi connectivity index (χ0n) is 19.4. The molecule has 4 rings (SSSR count). The van der Waals surface area contributed by atoms with Crippen LogP contribution in [0.5, 0.6) is 5.75 Å². The molecule has 2 aromatic carbocycles. The third kappa shape index (κ3) is 4.76. The van der Waals surface area contributed by atoms with Crippen LogP contribution >= 0.6 is 0 Å². The van der Waals surface area contributed by atoms with Gasteiger partial charge in [-0.25, -0.2) is 0 Å². The lowest BCUT2D eigenvalue weighted by molar-refractivity contribution is -0.191. The van der Waals surface area contributed by atoms with Crippen LogP contribution < -0.4 is 10.1 Å². The van der Waals surface area contributed by atoms with Crippen molar-refractivity contribution in [2.24, 2.45) is 5.92 Å². The first-order valence-electron chi connectivity index (χ1n) is 11.2. The maximum Gasteiger partial charge on any atom is 0.425 e. The first kappa shape index (κ1) is 25.9. The van der Waals surface area contributed by atoms with Gasteiger partial charge in [-0.2, -0.15) is 26.3 Å². The van der Waals surface area contributed by atoms with Crippen LogP contribution in [0.4, 0.5) is 26.3 Å². The van der Waals surface area contributed by atoms with Gasteiger partial charge < -0.3 is 19.7 Å². The Morgan fingerprint density at radius 3 is 2.47 bits per heavy atom. The second-order valence-electron chi connectivity index (χ2n) is 9.01. The molecular formula is C25H24F6N2O3. The highest BCUT2D eigenvalue weighted by Crippen LogP contribution is 2.53. The molecule has 0 bridgehead atoms. The number of carbonyl (C=O) groups excluding carboxylic acids is 1. The van der Waals surface area contributed by atoms with E-state index in [4.69, 9.17) is 0 Å². The van der Waals surface area contributed by atoms with E-state index < -0.39 is 41.2 Å². The largest absolute Gasteiger partial charge is 0.481 e. The van der Waals surface area contributed by atoms with Gasteiger partial charge in [-0.3, -0.25) is 4.79 Å². The van der Waals surface area contributed by atoms with E-state index in [1.807, 2.05) is 35.9 Å². The van der Waals surface area contributed by atoms with Gasteiger partial charge in [-0.15, -0.1) is 0 Å². The molecule has 5 nitrogen and oxygen atoms in total. The highest BCUT2D eigenvalue weighted by molar-refractivity contribution is 5.96. The number of carbonyl (C=O) groups is 1. The van der Waals surface area contributed by atoms with Crippen molar-refractivity contribution in [3.8, 4) is 5.75 Å². The first-order chi connectivity index (χ1) is 16.8. The SMILES string of the molecule is CC(Oc1ccc(C(=O)NC2(c3cccc4c3ccn4CCO)CC2C)cc1C(F)(F)F)C(F)(F)F. The van der Waals surface area contributed by atoms with Gasteiger partial charge in [0, 0.05) is 29.2 Å². The van der Waals surface area contributed by atoms with Crippen molar-refractivity contribution >= 4 is 16.8 Å². The Balaban J connectivity index is 1.66. The number of aromatic nitrogens is 1. The summed E-state index contributed by atoms with van der Waals surface area (Å²) >= 11 is 0. The summed E-state index contributed by atoms with van der Waals surface area (Å²) in [5, 5.41) is 13.0. The Labute approximate surface area is 202 Å². The summed E-state index contributed by atoms with van der Waals surface area (Å²) in [6.45, 7) is 2.83. The van der Waals surface area contributed by atoms with Crippen LogP contribution in [0.2, 0.25) is 0 Å². The number of nitrogens with zero attached hydrogens (tertiary/aromatic N) is 1. The van der Waals surface area contributed by atoms with Gasteiger partial charge >= 0.3 is 12.4 Å². The zero-order valence-corrected chi connectivity index (χ0v) is 19.4. The molecule has 36 heavy (non-hydrogen) atoms. The molecule has 0 saturated heterocycles. The maximum absolute atomic E-state index is 13.6. The fourth-order valence-corrected chi connectivity index (χ4v) is 4.48. The van der Waals surface area contributed by atoms with Crippen molar-refractivity contribution in [2.75, 3.05) is 6.61 Å². The van der Waals surface area contributed by atoms with E-state index in [1.54, 1.807) is 6.07 Å². The molecule has 0 spiro atoms. The molecule has 1 aromatic heterocycles. The molecule has 1 heterocycles. The highest BCUT2D eigenvalue weighted by atomic mass is 19.4.